The van der Waals surface area contributed by atoms with Gasteiger partial charge in [0.05, 0.1) is 0 Å². The van der Waals surface area contributed by atoms with Crippen molar-refractivity contribution in [2.24, 2.45) is 0 Å². The molecule has 2 aromatic heterocycles. The highest BCUT2D eigenvalue weighted by Crippen LogP contribution is 2.25. The van der Waals surface area contributed by atoms with E-state index in [1.165, 1.54) is 0 Å². The summed E-state index contributed by atoms with van der Waals surface area (Å²) in [6, 6.07) is 0. The first kappa shape index (κ1) is 9.59. The zero-order valence-corrected chi connectivity index (χ0v) is 9.38. The number of fused-ring (bicyclic) bond motifs is 3. The number of nitrogens with zero attached hydrogens (tertiary/aromatic N) is 3. The Bertz CT molecular complexity index is 604. The topological polar surface area (TPSA) is 59.8 Å². The van der Waals surface area contributed by atoms with Crippen LogP contribution in [0.2, 0.25) is 5.28 Å². The minimum absolute atomic E-state index is 0.0575. The van der Waals surface area contributed by atoms with Crippen LogP contribution >= 0.6 is 11.6 Å². The smallest absolute Gasteiger partial charge is 0.268 e. The Kier molecular flexibility index (Phi) is 1.91. The number of aryl methyl sites for hydroxylation is 1. The minimum Gasteiger partial charge on any atom is -0.349 e. The van der Waals surface area contributed by atoms with Crippen LogP contribution in [0.15, 0.2) is 6.20 Å². The zero-order chi connectivity index (χ0) is 11.3. The van der Waals surface area contributed by atoms with Gasteiger partial charge in [-0.25, -0.2) is 4.98 Å². The largest absolute Gasteiger partial charge is 0.349 e. The molecule has 1 amide bonds. The summed E-state index contributed by atoms with van der Waals surface area (Å²) >= 11 is 5.77. The molecule has 0 radical (unpaired) electrons. The summed E-state index contributed by atoms with van der Waals surface area (Å²) in [5.41, 5.74) is 2.31. The molecule has 0 atom stereocenters. The first-order valence-electron chi connectivity index (χ1n) is 4.98. The number of carbonyl (C=O) groups excluding carboxylic acids is 1. The van der Waals surface area contributed by atoms with Crippen LogP contribution in [0.3, 0.4) is 0 Å². The van der Waals surface area contributed by atoms with Gasteiger partial charge in [0.1, 0.15) is 11.3 Å². The van der Waals surface area contributed by atoms with Crippen LogP contribution in [0.25, 0.3) is 11.0 Å². The van der Waals surface area contributed by atoms with Gasteiger partial charge in [-0.3, -0.25) is 4.79 Å². The summed E-state index contributed by atoms with van der Waals surface area (Å²) in [6.45, 7) is 3.24. The van der Waals surface area contributed by atoms with Gasteiger partial charge in [-0.2, -0.15) is 4.98 Å². The Labute approximate surface area is 96.4 Å². The van der Waals surface area contributed by atoms with E-state index in [-0.39, 0.29) is 11.2 Å². The average Bonchev–Trinajstić information content (AvgIpc) is 2.54. The normalized spacial score (nSPS) is 15.0. The molecule has 82 valence electrons. The maximum atomic E-state index is 11.7. The summed E-state index contributed by atoms with van der Waals surface area (Å²) in [4.78, 5) is 19.9. The Morgan fingerprint density at radius 2 is 2.38 bits per heavy atom. The molecule has 2 aromatic rings. The summed E-state index contributed by atoms with van der Waals surface area (Å²) < 4.78 is 1.90. The van der Waals surface area contributed by atoms with E-state index in [1.54, 1.807) is 6.20 Å². The molecule has 0 aromatic carbocycles. The highest BCUT2D eigenvalue weighted by Gasteiger charge is 2.24. The van der Waals surface area contributed by atoms with Crippen molar-refractivity contribution in [2.45, 2.75) is 13.5 Å². The second kappa shape index (κ2) is 3.18. The number of nitrogens with one attached hydrogen (secondary N) is 1. The maximum Gasteiger partial charge on any atom is 0.268 e. The van der Waals surface area contributed by atoms with E-state index in [9.17, 15) is 4.79 Å². The van der Waals surface area contributed by atoms with Crippen molar-refractivity contribution in [3.05, 3.63) is 22.7 Å². The van der Waals surface area contributed by atoms with E-state index in [2.05, 4.69) is 15.3 Å². The van der Waals surface area contributed by atoms with Crippen LogP contribution in [-0.4, -0.2) is 27.0 Å². The summed E-state index contributed by atoms with van der Waals surface area (Å²) in [5.74, 6) is -0.0575. The molecule has 3 rings (SSSR count). The number of hydrogen-bond donors (Lipinski definition) is 1. The van der Waals surface area contributed by atoms with Crippen LogP contribution in [0, 0.1) is 6.92 Å². The third kappa shape index (κ3) is 1.15. The molecule has 16 heavy (non-hydrogen) atoms. The first-order valence-corrected chi connectivity index (χ1v) is 5.36. The molecule has 1 aliphatic heterocycles. The van der Waals surface area contributed by atoms with Crippen LogP contribution in [0.4, 0.5) is 0 Å². The van der Waals surface area contributed by atoms with Gasteiger partial charge in [-0.05, 0) is 24.1 Å². The molecular formula is C10H9ClN4O. The van der Waals surface area contributed by atoms with E-state index >= 15 is 0 Å². The SMILES string of the molecule is Cc1c2n(c3nc(Cl)ncc13)CCNC2=O. The van der Waals surface area contributed by atoms with Gasteiger partial charge in [0.2, 0.25) is 5.28 Å². The molecule has 0 fully saturated rings. The first-order chi connectivity index (χ1) is 7.68. The number of rotatable bonds is 0. The molecular weight excluding hydrogens is 228 g/mol. The number of hydrogen-bond acceptors (Lipinski definition) is 3. The Hall–Kier alpha value is -1.62. The molecule has 0 saturated carbocycles. The monoisotopic (exact) mass is 236 g/mol. The highest BCUT2D eigenvalue weighted by molar-refractivity contribution is 6.28. The molecule has 0 unspecified atom stereocenters. The number of amides is 1. The molecule has 0 bridgehead atoms. The van der Waals surface area contributed by atoms with Crippen LogP contribution in [0.1, 0.15) is 16.1 Å². The molecule has 6 heteroatoms. The van der Waals surface area contributed by atoms with Crippen molar-refractivity contribution < 1.29 is 4.79 Å². The third-order valence-electron chi connectivity index (χ3n) is 2.86. The second-order valence-electron chi connectivity index (χ2n) is 3.76. The Balaban J connectivity index is 2.44. The Morgan fingerprint density at radius 3 is 3.19 bits per heavy atom. The standard InChI is InChI=1S/C10H9ClN4O/c1-5-6-4-13-10(11)14-8(6)15-3-2-12-9(16)7(5)15/h4H,2-3H2,1H3,(H,12,16). The molecule has 0 aliphatic carbocycles. The molecule has 1 N–H and O–H groups in total. The van der Waals surface area contributed by atoms with Gasteiger partial charge < -0.3 is 9.88 Å². The van der Waals surface area contributed by atoms with Gasteiger partial charge in [-0.1, -0.05) is 0 Å². The van der Waals surface area contributed by atoms with Crippen LogP contribution in [0.5, 0.6) is 0 Å². The lowest BCUT2D eigenvalue weighted by Gasteiger charge is -2.16. The van der Waals surface area contributed by atoms with Crippen molar-refractivity contribution in [3.63, 3.8) is 0 Å². The minimum atomic E-state index is -0.0575. The predicted molar refractivity (Wildman–Crippen MR) is 59.6 cm³/mol. The molecule has 3 heterocycles. The van der Waals surface area contributed by atoms with Crippen molar-refractivity contribution in [1.82, 2.24) is 19.9 Å². The van der Waals surface area contributed by atoms with E-state index in [0.29, 0.717) is 12.2 Å². The van der Waals surface area contributed by atoms with Gasteiger partial charge >= 0.3 is 0 Å². The maximum absolute atomic E-state index is 11.7. The van der Waals surface area contributed by atoms with E-state index in [0.717, 1.165) is 23.1 Å². The quantitative estimate of drug-likeness (QED) is 0.698. The van der Waals surface area contributed by atoms with Gasteiger partial charge in [0.25, 0.3) is 5.91 Å². The second-order valence-corrected chi connectivity index (χ2v) is 4.10. The lowest BCUT2D eigenvalue weighted by molar-refractivity contribution is 0.0928. The summed E-state index contributed by atoms with van der Waals surface area (Å²) in [7, 11) is 0. The number of halogens is 1. The van der Waals surface area contributed by atoms with Gasteiger partial charge in [-0.15, -0.1) is 0 Å². The molecule has 1 aliphatic rings. The van der Waals surface area contributed by atoms with E-state index < -0.39 is 0 Å². The molecule has 5 nitrogen and oxygen atoms in total. The summed E-state index contributed by atoms with van der Waals surface area (Å²) in [5, 5.41) is 3.91. The van der Waals surface area contributed by atoms with Crippen molar-refractivity contribution >= 4 is 28.5 Å². The van der Waals surface area contributed by atoms with Gasteiger partial charge in [0, 0.05) is 24.7 Å². The van der Waals surface area contributed by atoms with Crippen molar-refractivity contribution in [2.75, 3.05) is 6.54 Å². The van der Waals surface area contributed by atoms with Crippen LogP contribution < -0.4 is 5.32 Å². The van der Waals surface area contributed by atoms with Gasteiger partial charge in [0.15, 0.2) is 0 Å². The zero-order valence-electron chi connectivity index (χ0n) is 8.62. The fourth-order valence-electron chi connectivity index (χ4n) is 2.13. The average molecular weight is 237 g/mol. The third-order valence-corrected chi connectivity index (χ3v) is 3.04. The molecule has 0 spiro atoms. The fourth-order valence-corrected chi connectivity index (χ4v) is 2.26. The lowest BCUT2D eigenvalue weighted by atomic mass is 10.2. The number of aromatic nitrogens is 3. The highest BCUT2D eigenvalue weighted by atomic mass is 35.5. The fraction of sp³-hybridized carbons (Fsp3) is 0.300. The Morgan fingerprint density at radius 1 is 1.56 bits per heavy atom. The molecule has 0 saturated heterocycles. The summed E-state index contributed by atoms with van der Waals surface area (Å²) in [6.07, 6.45) is 1.67. The number of carbonyl (C=O) groups is 1. The lowest BCUT2D eigenvalue weighted by Crippen LogP contribution is -2.35. The predicted octanol–water partition coefficient (Wildman–Crippen LogP) is 1.14. The van der Waals surface area contributed by atoms with E-state index in [4.69, 9.17) is 11.6 Å². The van der Waals surface area contributed by atoms with Crippen molar-refractivity contribution in [3.8, 4) is 0 Å². The van der Waals surface area contributed by atoms with Crippen molar-refractivity contribution in [1.29, 1.82) is 0 Å². The van der Waals surface area contributed by atoms with E-state index in [1.807, 2.05) is 11.5 Å². The van der Waals surface area contributed by atoms with Crippen LogP contribution in [-0.2, 0) is 6.54 Å².